The number of thiocarbonyl (C=S) groups is 1. The van der Waals surface area contributed by atoms with Gasteiger partial charge < -0.3 is 5.32 Å². The van der Waals surface area contributed by atoms with Gasteiger partial charge in [0, 0.05) is 12.1 Å². The maximum Gasteiger partial charge on any atom is 0.295 e. The summed E-state index contributed by atoms with van der Waals surface area (Å²) in [5.41, 5.74) is 6.13. The van der Waals surface area contributed by atoms with Gasteiger partial charge in [-0.2, -0.15) is 5.10 Å². The number of para-hydroxylation sites is 1. The summed E-state index contributed by atoms with van der Waals surface area (Å²) in [6.07, 6.45) is 0. The minimum atomic E-state index is -0.189. The van der Waals surface area contributed by atoms with E-state index in [2.05, 4.69) is 15.8 Å². The van der Waals surface area contributed by atoms with Gasteiger partial charge in [0.15, 0.2) is 5.11 Å². The van der Waals surface area contributed by atoms with Crippen LogP contribution in [0.4, 0.5) is 5.69 Å². The van der Waals surface area contributed by atoms with Crippen molar-refractivity contribution in [1.29, 1.82) is 0 Å². The highest BCUT2D eigenvalue weighted by Crippen LogP contribution is 2.14. The molecule has 6 nitrogen and oxygen atoms in total. The topological polar surface area (TPSA) is 63.4 Å². The summed E-state index contributed by atoms with van der Waals surface area (Å²) in [5, 5.41) is 8.09. The maximum atomic E-state index is 12.9. The summed E-state index contributed by atoms with van der Waals surface area (Å²) in [7, 11) is 1.83. The standard InChI is InChI=1S/C20H20ClN5OS/c1-13(15-8-7-9-16(21)12-15)23-24-20(28)22-18-14(2)25(3)26(19(18)27)17-10-5-4-6-11-17/h4-12H,1-3H3,(H2,22,24,28)/b23-13-. The van der Waals surface area contributed by atoms with E-state index in [1.807, 2.05) is 69.4 Å². The molecule has 3 rings (SSSR count). The van der Waals surface area contributed by atoms with Gasteiger partial charge in [-0.15, -0.1) is 0 Å². The quantitative estimate of drug-likeness (QED) is 0.387. The summed E-state index contributed by atoms with van der Waals surface area (Å²) < 4.78 is 3.36. The fourth-order valence-electron chi connectivity index (χ4n) is 2.77. The van der Waals surface area contributed by atoms with E-state index in [0.717, 1.165) is 22.7 Å². The van der Waals surface area contributed by atoms with Gasteiger partial charge in [-0.3, -0.25) is 14.9 Å². The molecule has 3 aromatic rings. The first-order chi connectivity index (χ1) is 13.4. The predicted molar refractivity (Wildman–Crippen MR) is 119 cm³/mol. The average molecular weight is 414 g/mol. The molecule has 2 aromatic carbocycles. The van der Waals surface area contributed by atoms with Gasteiger partial charge >= 0.3 is 0 Å². The summed E-state index contributed by atoms with van der Waals surface area (Å²) in [6.45, 7) is 3.70. The molecule has 0 unspecified atom stereocenters. The molecule has 144 valence electrons. The Labute approximate surface area is 173 Å². The van der Waals surface area contributed by atoms with Crippen LogP contribution < -0.4 is 16.3 Å². The van der Waals surface area contributed by atoms with Gasteiger partial charge in [-0.05, 0) is 55.9 Å². The minimum absolute atomic E-state index is 0.189. The molecule has 0 aliphatic heterocycles. The van der Waals surface area contributed by atoms with Crippen LogP contribution in [0.15, 0.2) is 64.5 Å². The summed E-state index contributed by atoms with van der Waals surface area (Å²) in [5.74, 6) is 0. The highest BCUT2D eigenvalue weighted by Gasteiger charge is 2.16. The smallest absolute Gasteiger partial charge is 0.295 e. The van der Waals surface area contributed by atoms with Gasteiger partial charge in [0.05, 0.1) is 17.1 Å². The van der Waals surface area contributed by atoms with Crippen LogP contribution >= 0.6 is 23.8 Å². The third-order valence-electron chi connectivity index (χ3n) is 4.36. The van der Waals surface area contributed by atoms with Crippen molar-refractivity contribution in [3.63, 3.8) is 0 Å². The lowest BCUT2D eigenvalue weighted by atomic mass is 10.1. The molecule has 28 heavy (non-hydrogen) atoms. The van der Waals surface area contributed by atoms with E-state index in [9.17, 15) is 4.79 Å². The van der Waals surface area contributed by atoms with Gasteiger partial charge in [-0.1, -0.05) is 41.9 Å². The fraction of sp³-hybridized carbons (Fsp3) is 0.150. The molecule has 0 fully saturated rings. The van der Waals surface area contributed by atoms with Crippen molar-refractivity contribution < 1.29 is 0 Å². The van der Waals surface area contributed by atoms with Gasteiger partial charge in [0.2, 0.25) is 0 Å². The zero-order chi connectivity index (χ0) is 20.3. The molecular weight excluding hydrogens is 394 g/mol. The van der Waals surface area contributed by atoms with Crippen LogP contribution in [0.1, 0.15) is 18.2 Å². The fourth-order valence-corrected chi connectivity index (χ4v) is 3.10. The summed E-state index contributed by atoms with van der Waals surface area (Å²) in [6, 6.07) is 16.8. The average Bonchev–Trinajstić information content (AvgIpc) is 2.90. The van der Waals surface area contributed by atoms with E-state index < -0.39 is 0 Å². The number of hydrogen-bond acceptors (Lipinski definition) is 3. The SMILES string of the molecule is C/C(=N/NC(=S)Nc1c(C)n(C)n(-c2ccccc2)c1=O)c1cccc(Cl)c1. The lowest BCUT2D eigenvalue weighted by Gasteiger charge is -2.07. The van der Waals surface area contributed by atoms with Crippen molar-refractivity contribution in [3.8, 4) is 5.69 Å². The largest absolute Gasteiger partial charge is 0.325 e. The number of hydrazone groups is 1. The first-order valence-corrected chi connectivity index (χ1v) is 9.38. The molecule has 0 aliphatic carbocycles. The van der Waals surface area contributed by atoms with Gasteiger partial charge in [-0.25, -0.2) is 4.68 Å². The zero-order valence-corrected chi connectivity index (χ0v) is 17.3. The molecule has 2 N–H and O–H groups in total. The molecule has 0 saturated carbocycles. The molecule has 0 saturated heterocycles. The van der Waals surface area contributed by atoms with E-state index >= 15 is 0 Å². The van der Waals surface area contributed by atoms with Crippen LogP contribution in [-0.4, -0.2) is 20.2 Å². The second-order valence-electron chi connectivity index (χ2n) is 6.21. The van der Waals surface area contributed by atoms with Crippen molar-refractivity contribution in [2.24, 2.45) is 12.1 Å². The normalized spacial score (nSPS) is 11.4. The summed E-state index contributed by atoms with van der Waals surface area (Å²) >= 11 is 11.3. The van der Waals surface area contributed by atoms with Crippen molar-refractivity contribution in [1.82, 2.24) is 14.8 Å². The minimum Gasteiger partial charge on any atom is -0.325 e. The molecule has 0 spiro atoms. The van der Waals surface area contributed by atoms with Crippen molar-refractivity contribution in [2.45, 2.75) is 13.8 Å². The van der Waals surface area contributed by atoms with Gasteiger partial charge in [0.25, 0.3) is 5.56 Å². The van der Waals surface area contributed by atoms with Crippen LogP contribution in [0.25, 0.3) is 5.69 Å². The monoisotopic (exact) mass is 413 g/mol. The van der Waals surface area contributed by atoms with Crippen LogP contribution in [-0.2, 0) is 7.05 Å². The van der Waals surface area contributed by atoms with E-state index in [0.29, 0.717) is 10.7 Å². The van der Waals surface area contributed by atoms with E-state index in [4.69, 9.17) is 23.8 Å². The highest BCUT2D eigenvalue weighted by molar-refractivity contribution is 7.80. The Morgan fingerprint density at radius 1 is 1.14 bits per heavy atom. The molecule has 0 amide bonds. The number of hydrogen-bond donors (Lipinski definition) is 2. The Bertz CT molecular complexity index is 1100. The lowest BCUT2D eigenvalue weighted by Crippen LogP contribution is -2.28. The van der Waals surface area contributed by atoms with E-state index in [1.54, 1.807) is 15.4 Å². The Morgan fingerprint density at radius 3 is 2.54 bits per heavy atom. The number of halogens is 1. The van der Waals surface area contributed by atoms with Crippen LogP contribution in [0.2, 0.25) is 5.02 Å². The van der Waals surface area contributed by atoms with Crippen molar-refractivity contribution in [2.75, 3.05) is 5.32 Å². The number of rotatable bonds is 4. The second-order valence-corrected chi connectivity index (χ2v) is 7.05. The molecule has 8 heteroatoms. The molecule has 1 heterocycles. The number of benzene rings is 2. The maximum absolute atomic E-state index is 12.9. The number of anilines is 1. The Kier molecular flexibility index (Phi) is 5.96. The Morgan fingerprint density at radius 2 is 1.86 bits per heavy atom. The number of aromatic nitrogens is 2. The third-order valence-corrected chi connectivity index (χ3v) is 4.79. The molecule has 1 aromatic heterocycles. The second kappa shape index (κ2) is 8.41. The molecule has 0 aliphatic rings. The van der Waals surface area contributed by atoms with E-state index in [-0.39, 0.29) is 10.7 Å². The predicted octanol–water partition coefficient (Wildman–Crippen LogP) is 3.85. The molecular formula is C20H20ClN5OS. The number of nitrogens with one attached hydrogen (secondary N) is 2. The van der Waals surface area contributed by atoms with Gasteiger partial charge in [0.1, 0.15) is 5.69 Å². The zero-order valence-electron chi connectivity index (χ0n) is 15.7. The summed E-state index contributed by atoms with van der Waals surface area (Å²) in [4.78, 5) is 12.9. The van der Waals surface area contributed by atoms with E-state index in [1.165, 1.54) is 0 Å². The first-order valence-electron chi connectivity index (χ1n) is 8.59. The molecule has 0 atom stereocenters. The highest BCUT2D eigenvalue weighted by atomic mass is 35.5. The number of nitrogens with zero attached hydrogens (tertiary/aromatic N) is 3. The van der Waals surface area contributed by atoms with Crippen LogP contribution in [0, 0.1) is 6.92 Å². The van der Waals surface area contributed by atoms with Crippen molar-refractivity contribution in [3.05, 3.63) is 81.2 Å². The Hall–Kier alpha value is -2.90. The first kappa shape index (κ1) is 19.9. The van der Waals surface area contributed by atoms with Crippen LogP contribution in [0.5, 0.6) is 0 Å². The molecule has 0 radical (unpaired) electrons. The van der Waals surface area contributed by atoms with Crippen LogP contribution in [0.3, 0.4) is 0 Å². The Balaban J connectivity index is 1.80. The van der Waals surface area contributed by atoms with Crippen molar-refractivity contribution >= 4 is 40.3 Å². The molecule has 0 bridgehead atoms. The third kappa shape index (κ3) is 4.16. The lowest BCUT2D eigenvalue weighted by molar-refractivity contribution is 0.630.